The third-order valence-corrected chi connectivity index (χ3v) is 2.62. The fourth-order valence-corrected chi connectivity index (χ4v) is 1.75. The average molecular weight is 279 g/mol. The first kappa shape index (κ1) is 15.8. The van der Waals surface area contributed by atoms with E-state index >= 15 is 0 Å². The lowest BCUT2D eigenvalue weighted by atomic mass is 10.2. The summed E-state index contributed by atoms with van der Waals surface area (Å²) in [6.07, 6.45) is -0.799. The summed E-state index contributed by atoms with van der Waals surface area (Å²) < 4.78 is 42.9. The van der Waals surface area contributed by atoms with Gasteiger partial charge in [0, 0.05) is 38.5 Å². The lowest BCUT2D eigenvalue weighted by molar-refractivity contribution is -0.135. The Morgan fingerprint density at radius 1 is 1.42 bits per heavy atom. The van der Waals surface area contributed by atoms with Crippen molar-refractivity contribution in [2.75, 3.05) is 19.0 Å². The van der Waals surface area contributed by atoms with Crippen molar-refractivity contribution in [3.8, 4) is 0 Å². The molecule has 1 aromatic heterocycles. The first-order valence-corrected chi connectivity index (χ1v) is 6.25. The smallest absolute Gasteiger partial charge is 0.383 e. The van der Waals surface area contributed by atoms with Gasteiger partial charge in [-0.15, -0.1) is 0 Å². The second-order valence-electron chi connectivity index (χ2n) is 4.52. The first-order chi connectivity index (χ1) is 8.92. The maximum atomic E-state index is 12.0. The van der Waals surface area contributed by atoms with Crippen LogP contribution in [0.3, 0.4) is 0 Å². The lowest BCUT2D eigenvalue weighted by Crippen LogP contribution is -2.23. The Labute approximate surface area is 111 Å². The number of hydrogen-bond donors (Lipinski definition) is 1. The monoisotopic (exact) mass is 279 g/mol. The standard InChI is InChI=1S/C12H20F3N3O/c1-10(9-19-2)17-11-16-6-8-18(11)7-4-3-5-12(13,14)15/h6,8,10H,3-5,7,9H2,1-2H3,(H,16,17). The van der Waals surface area contributed by atoms with Crippen molar-refractivity contribution in [1.82, 2.24) is 9.55 Å². The van der Waals surface area contributed by atoms with Gasteiger partial charge in [-0.1, -0.05) is 0 Å². The minimum atomic E-state index is -4.07. The minimum absolute atomic E-state index is 0.0984. The highest BCUT2D eigenvalue weighted by atomic mass is 19.4. The van der Waals surface area contributed by atoms with E-state index in [2.05, 4.69) is 10.3 Å². The van der Waals surface area contributed by atoms with Crippen LogP contribution in [0.25, 0.3) is 0 Å². The number of ether oxygens (including phenoxy) is 1. The highest BCUT2D eigenvalue weighted by Gasteiger charge is 2.25. The van der Waals surface area contributed by atoms with Gasteiger partial charge in [-0.3, -0.25) is 0 Å². The van der Waals surface area contributed by atoms with Crippen molar-refractivity contribution in [1.29, 1.82) is 0 Å². The predicted octanol–water partition coefficient (Wildman–Crippen LogP) is 3.06. The van der Waals surface area contributed by atoms with E-state index in [-0.39, 0.29) is 12.5 Å². The lowest BCUT2D eigenvalue weighted by Gasteiger charge is -2.15. The van der Waals surface area contributed by atoms with E-state index in [1.54, 1.807) is 19.5 Å². The van der Waals surface area contributed by atoms with E-state index < -0.39 is 12.6 Å². The van der Waals surface area contributed by atoms with Crippen molar-refractivity contribution < 1.29 is 17.9 Å². The van der Waals surface area contributed by atoms with Crippen LogP contribution in [0.4, 0.5) is 19.1 Å². The first-order valence-electron chi connectivity index (χ1n) is 6.25. The number of nitrogens with zero attached hydrogens (tertiary/aromatic N) is 2. The van der Waals surface area contributed by atoms with Gasteiger partial charge in [0.2, 0.25) is 5.95 Å². The third-order valence-electron chi connectivity index (χ3n) is 2.62. The topological polar surface area (TPSA) is 39.1 Å². The Balaban J connectivity index is 2.36. The van der Waals surface area contributed by atoms with E-state index in [1.165, 1.54) is 0 Å². The largest absolute Gasteiger partial charge is 0.389 e. The van der Waals surface area contributed by atoms with Crippen LogP contribution >= 0.6 is 0 Å². The molecule has 19 heavy (non-hydrogen) atoms. The van der Waals surface area contributed by atoms with Crippen molar-refractivity contribution in [2.24, 2.45) is 0 Å². The summed E-state index contributed by atoms with van der Waals surface area (Å²) >= 11 is 0. The van der Waals surface area contributed by atoms with Gasteiger partial charge in [-0.05, 0) is 19.8 Å². The molecule has 1 unspecified atom stereocenters. The number of imidazole rings is 1. The summed E-state index contributed by atoms with van der Waals surface area (Å²) in [6.45, 7) is 3.02. The molecule has 0 amide bonds. The highest BCUT2D eigenvalue weighted by molar-refractivity contribution is 5.27. The van der Waals surface area contributed by atoms with Crippen LogP contribution in [0.15, 0.2) is 12.4 Å². The molecule has 0 aromatic carbocycles. The molecular weight excluding hydrogens is 259 g/mol. The molecule has 0 aliphatic carbocycles. The van der Waals surface area contributed by atoms with Crippen molar-refractivity contribution >= 4 is 5.95 Å². The van der Waals surface area contributed by atoms with E-state index in [0.717, 1.165) is 0 Å². The van der Waals surface area contributed by atoms with E-state index in [4.69, 9.17) is 4.74 Å². The van der Waals surface area contributed by atoms with Gasteiger partial charge in [0.25, 0.3) is 0 Å². The second kappa shape index (κ2) is 7.37. The molecule has 0 spiro atoms. The number of anilines is 1. The SMILES string of the molecule is COCC(C)Nc1nccn1CCCCC(F)(F)F. The van der Waals surface area contributed by atoms with Gasteiger partial charge in [-0.2, -0.15) is 13.2 Å². The summed E-state index contributed by atoms with van der Waals surface area (Å²) in [5.74, 6) is 0.663. The summed E-state index contributed by atoms with van der Waals surface area (Å²) in [5.41, 5.74) is 0. The van der Waals surface area contributed by atoms with Gasteiger partial charge in [-0.25, -0.2) is 4.98 Å². The fourth-order valence-electron chi connectivity index (χ4n) is 1.75. The number of methoxy groups -OCH3 is 1. The minimum Gasteiger partial charge on any atom is -0.383 e. The Kier molecular flexibility index (Phi) is 6.14. The quantitative estimate of drug-likeness (QED) is 0.743. The molecular formula is C12H20F3N3O. The molecule has 0 radical (unpaired) electrons. The van der Waals surface area contributed by atoms with Crippen LogP contribution in [-0.2, 0) is 11.3 Å². The molecule has 1 atom stereocenters. The van der Waals surface area contributed by atoms with E-state index in [0.29, 0.717) is 25.5 Å². The normalized spacial score (nSPS) is 13.5. The maximum Gasteiger partial charge on any atom is 0.389 e. The number of aromatic nitrogens is 2. The van der Waals surface area contributed by atoms with Gasteiger partial charge >= 0.3 is 6.18 Å². The number of alkyl halides is 3. The maximum absolute atomic E-state index is 12.0. The summed E-state index contributed by atoms with van der Waals surface area (Å²) in [7, 11) is 1.61. The number of aryl methyl sites for hydroxylation is 1. The number of nitrogens with one attached hydrogen (secondary N) is 1. The number of rotatable bonds is 8. The van der Waals surface area contributed by atoms with Gasteiger partial charge in [0.1, 0.15) is 0 Å². The van der Waals surface area contributed by atoms with Crippen LogP contribution in [0.2, 0.25) is 0 Å². The second-order valence-corrected chi connectivity index (χ2v) is 4.52. The van der Waals surface area contributed by atoms with Crippen LogP contribution in [0, 0.1) is 0 Å². The van der Waals surface area contributed by atoms with Crippen LogP contribution in [0.1, 0.15) is 26.2 Å². The third kappa shape index (κ3) is 6.47. The predicted molar refractivity (Wildman–Crippen MR) is 67.1 cm³/mol. The molecule has 4 nitrogen and oxygen atoms in total. The Morgan fingerprint density at radius 3 is 2.79 bits per heavy atom. The average Bonchev–Trinajstić information content (AvgIpc) is 2.71. The van der Waals surface area contributed by atoms with Crippen molar-refractivity contribution in [3.63, 3.8) is 0 Å². The molecule has 0 saturated heterocycles. The zero-order chi connectivity index (χ0) is 14.3. The number of unbranched alkanes of at least 4 members (excludes halogenated alkanes) is 1. The van der Waals surface area contributed by atoms with Gasteiger partial charge in [0.15, 0.2) is 0 Å². The zero-order valence-electron chi connectivity index (χ0n) is 11.2. The van der Waals surface area contributed by atoms with Crippen LogP contribution < -0.4 is 5.32 Å². The molecule has 110 valence electrons. The Morgan fingerprint density at radius 2 is 2.16 bits per heavy atom. The van der Waals surface area contributed by atoms with Gasteiger partial charge < -0.3 is 14.6 Å². The summed E-state index contributed by atoms with van der Waals surface area (Å²) in [4.78, 5) is 4.14. The number of halogens is 3. The molecule has 1 aromatic rings. The molecule has 0 aliphatic heterocycles. The molecule has 0 bridgehead atoms. The summed E-state index contributed by atoms with van der Waals surface area (Å²) in [5, 5.41) is 3.15. The van der Waals surface area contributed by atoms with Crippen LogP contribution in [0.5, 0.6) is 0 Å². The molecule has 7 heteroatoms. The number of hydrogen-bond acceptors (Lipinski definition) is 3. The Hall–Kier alpha value is -1.24. The molecule has 1 heterocycles. The summed E-state index contributed by atoms with van der Waals surface area (Å²) in [6, 6.07) is 0.0984. The molecule has 0 fully saturated rings. The van der Waals surface area contributed by atoms with E-state index in [9.17, 15) is 13.2 Å². The molecule has 0 aliphatic rings. The molecule has 1 rings (SSSR count). The fraction of sp³-hybridized carbons (Fsp3) is 0.750. The highest BCUT2D eigenvalue weighted by Crippen LogP contribution is 2.22. The Bertz CT molecular complexity index is 365. The van der Waals surface area contributed by atoms with Gasteiger partial charge in [0.05, 0.1) is 6.61 Å². The molecule has 1 N–H and O–H groups in total. The van der Waals surface area contributed by atoms with Crippen molar-refractivity contribution in [2.45, 2.75) is 44.9 Å². The zero-order valence-corrected chi connectivity index (χ0v) is 11.2. The van der Waals surface area contributed by atoms with Crippen molar-refractivity contribution in [3.05, 3.63) is 12.4 Å². The van der Waals surface area contributed by atoms with Crippen LogP contribution in [-0.4, -0.2) is 35.5 Å². The van der Waals surface area contributed by atoms with E-state index in [1.807, 2.05) is 11.5 Å². The molecule has 0 saturated carbocycles.